The number of nitrogens with one attached hydrogen (secondary N) is 1. The number of nitrogens with zero attached hydrogens (tertiary/aromatic N) is 3. The molecule has 1 aromatic heterocycles. The molecule has 0 saturated carbocycles. The van der Waals surface area contributed by atoms with Gasteiger partial charge < -0.3 is 10.2 Å². The van der Waals surface area contributed by atoms with E-state index in [2.05, 4.69) is 65.3 Å². The second-order valence-electron chi connectivity index (χ2n) is 5.36. The van der Waals surface area contributed by atoms with Crippen LogP contribution in [-0.4, -0.2) is 26.8 Å². The lowest BCUT2D eigenvalue weighted by Crippen LogP contribution is -2.31. The molecule has 0 saturated heterocycles. The van der Waals surface area contributed by atoms with E-state index in [4.69, 9.17) is 12.2 Å². The summed E-state index contributed by atoms with van der Waals surface area (Å²) in [5, 5.41) is 8.37. The van der Waals surface area contributed by atoms with Crippen LogP contribution in [-0.2, 0) is 13.1 Å². The fraction of sp³-hybridized carbons (Fsp3) is 0.375. The number of anilines is 1. The van der Waals surface area contributed by atoms with E-state index < -0.39 is 0 Å². The summed E-state index contributed by atoms with van der Waals surface area (Å²) in [5.41, 5.74) is 4.57. The smallest absolute Gasteiger partial charge is 0.173 e. The Morgan fingerprint density at radius 1 is 1.41 bits per heavy atom. The number of rotatable bonds is 4. The SMILES string of the molecule is CCn1ncc(Br)c1CN(C)C(=S)Nc1cc(C)ccc1C. The number of thiocarbonyl (C=S) groups is 1. The first-order valence-corrected chi connectivity index (χ1v) is 8.42. The third-order valence-electron chi connectivity index (χ3n) is 3.57. The summed E-state index contributed by atoms with van der Waals surface area (Å²) in [4.78, 5) is 2.02. The number of benzene rings is 1. The summed E-state index contributed by atoms with van der Waals surface area (Å²) >= 11 is 9.08. The molecule has 22 heavy (non-hydrogen) atoms. The maximum absolute atomic E-state index is 5.53. The lowest BCUT2D eigenvalue weighted by Gasteiger charge is -2.22. The zero-order valence-corrected chi connectivity index (χ0v) is 15.8. The van der Waals surface area contributed by atoms with E-state index in [9.17, 15) is 0 Å². The fourth-order valence-corrected chi connectivity index (χ4v) is 2.79. The van der Waals surface area contributed by atoms with Crippen molar-refractivity contribution in [3.63, 3.8) is 0 Å². The van der Waals surface area contributed by atoms with Crippen molar-refractivity contribution < 1.29 is 0 Å². The van der Waals surface area contributed by atoms with Crippen molar-refractivity contribution in [2.75, 3.05) is 12.4 Å². The minimum absolute atomic E-state index is 0.699. The molecule has 0 fully saturated rings. The van der Waals surface area contributed by atoms with Crippen molar-refractivity contribution in [1.29, 1.82) is 0 Å². The molecule has 1 N–H and O–H groups in total. The van der Waals surface area contributed by atoms with Gasteiger partial charge in [0.15, 0.2) is 5.11 Å². The zero-order chi connectivity index (χ0) is 16.3. The van der Waals surface area contributed by atoms with Gasteiger partial charge in [0, 0.05) is 19.3 Å². The minimum Gasteiger partial charge on any atom is -0.346 e. The first-order chi connectivity index (χ1) is 10.4. The van der Waals surface area contributed by atoms with E-state index in [1.807, 2.05) is 22.8 Å². The topological polar surface area (TPSA) is 33.1 Å². The highest BCUT2D eigenvalue weighted by Gasteiger charge is 2.13. The molecular weight excluding hydrogens is 360 g/mol. The van der Waals surface area contributed by atoms with Gasteiger partial charge >= 0.3 is 0 Å². The van der Waals surface area contributed by atoms with Crippen LogP contribution in [0, 0.1) is 13.8 Å². The first-order valence-electron chi connectivity index (χ1n) is 7.22. The van der Waals surface area contributed by atoms with Crippen LogP contribution in [0.3, 0.4) is 0 Å². The van der Waals surface area contributed by atoms with Gasteiger partial charge in [0.1, 0.15) is 0 Å². The second-order valence-corrected chi connectivity index (χ2v) is 6.60. The van der Waals surface area contributed by atoms with Crippen LogP contribution in [0.5, 0.6) is 0 Å². The molecule has 0 aliphatic rings. The van der Waals surface area contributed by atoms with Gasteiger partial charge in [0.2, 0.25) is 0 Å². The van der Waals surface area contributed by atoms with Gasteiger partial charge in [-0.3, -0.25) is 4.68 Å². The van der Waals surface area contributed by atoms with Gasteiger partial charge in [-0.15, -0.1) is 0 Å². The summed E-state index contributed by atoms with van der Waals surface area (Å²) in [6.45, 7) is 7.77. The van der Waals surface area contributed by atoms with Crippen molar-refractivity contribution in [3.05, 3.63) is 45.7 Å². The quantitative estimate of drug-likeness (QED) is 0.808. The molecule has 2 rings (SSSR count). The van der Waals surface area contributed by atoms with Gasteiger partial charge in [0.05, 0.1) is 22.9 Å². The Morgan fingerprint density at radius 2 is 2.14 bits per heavy atom. The molecule has 0 radical (unpaired) electrons. The zero-order valence-electron chi connectivity index (χ0n) is 13.4. The van der Waals surface area contributed by atoms with Crippen LogP contribution in [0.15, 0.2) is 28.9 Å². The Morgan fingerprint density at radius 3 is 2.82 bits per heavy atom. The molecule has 2 aromatic rings. The molecule has 0 amide bonds. The Balaban J connectivity index is 2.09. The Labute approximate surface area is 145 Å². The van der Waals surface area contributed by atoms with Gasteiger partial charge in [-0.05, 0) is 66.1 Å². The maximum atomic E-state index is 5.53. The van der Waals surface area contributed by atoms with Crippen molar-refractivity contribution in [1.82, 2.24) is 14.7 Å². The van der Waals surface area contributed by atoms with Crippen molar-refractivity contribution >= 4 is 38.9 Å². The van der Waals surface area contributed by atoms with E-state index in [0.29, 0.717) is 11.7 Å². The Kier molecular flexibility index (Phi) is 5.58. The lowest BCUT2D eigenvalue weighted by atomic mass is 10.1. The first kappa shape index (κ1) is 17.0. The van der Waals surface area contributed by atoms with Crippen molar-refractivity contribution in [2.24, 2.45) is 0 Å². The van der Waals surface area contributed by atoms with Gasteiger partial charge in [-0.1, -0.05) is 12.1 Å². The number of aryl methyl sites for hydroxylation is 3. The highest BCUT2D eigenvalue weighted by atomic mass is 79.9. The molecule has 1 aromatic carbocycles. The third-order valence-corrected chi connectivity index (χ3v) is 4.64. The largest absolute Gasteiger partial charge is 0.346 e. The molecule has 0 aliphatic heterocycles. The van der Waals surface area contributed by atoms with Gasteiger partial charge in [0.25, 0.3) is 0 Å². The standard InChI is InChI=1S/C16H21BrN4S/c1-5-21-15(13(17)9-18-21)10-20(4)16(22)19-14-8-11(2)6-7-12(14)3/h6-9H,5,10H2,1-4H3,(H,19,22). The average molecular weight is 381 g/mol. The van der Waals surface area contributed by atoms with Crippen LogP contribution in [0.4, 0.5) is 5.69 Å². The molecule has 0 aliphatic carbocycles. The van der Waals surface area contributed by atoms with Crippen molar-refractivity contribution in [3.8, 4) is 0 Å². The highest BCUT2D eigenvalue weighted by Crippen LogP contribution is 2.20. The fourth-order valence-electron chi connectivity index (χ4n) is 2.20. The Bertz CT molecular complexity index is 681. The van der Waals surface area contributed by atoms with Crippen LogP contribution >= 0.6 is 28.1 Å². The molecule has 4 nitrogen and oxygen atoms in total. The summed E-state index contributed by atoms with van der Waals surface area (Å²) in [5.74, 6) is 0. The highest BCUT2D eigenvalue weighted by molar-refractivity contribution is 9.10. The molecule has 0 bridgehead atoms. The van der Waals surface area contributed by atoms with Crippen LogP contribution in [0.1, 0.15) is 23.7 Å². The monoisotopic (exact) mass is 380 g/mol. The molecule has 0 atom stereocenters. The summed E-state index contributed by atoms with van der Waals surface area (Å²) in [7, 11) is 1.99. The summed E-state index contributed by atoms with van der Waals surface area (Å²) < 4.78 is 2.98. The van der Waals surface area contributed by atoms with Crippen LogP contribution in [0.25, 0.3) is 0 Å². The number of hydrogen-bond acceptors (Lipinski definition) is 2. The van der Waals surface area contributed by atoms with Gasteiger partial charge in [-0.2, -0.15) is 5.10 Å². The van der Waals surface area contributed by atoms with E-state index in [0.717, 1.165) is 22.4 Å². The maximum Gasteiger partial charge on any atom is 0.173 e. The van der Waals surface area contributed by atoms with E-state index in [1.165, 1.54) is 11.1 Å². The van der Waals surface area contributed by atoms with Crippen LogP contribution < -0.4 is 5.32 Å². The molecule has 6 heteroatoms. The normalized spacial score (nSPS) is 10.6. The predicted molar refractivity (Wildman–Crippen MR) is 99.2 cm³/mol. The lowest BCUT2D eigenvalue weighted by molar-refractivity contribution is 0.470. The summed E-state index contributed by atoms with van der Waals surface area (Å²) in [6, 6.07) is 6.31. The third kappa shape index (κ3) is 3.87. The van der Waals surface area contributed by atoms with E-state index in [1.54, 1.807) is 0 Å². The second kappa shape index (κ2) is 7.24. The predicted octanol–water partition coefficient (Wildman–Crippen LogP) is 4.11. The molecule has 118 valence electrons. The number of hydrogen-bond donors (Lipinski definition) is 1. The summed E-state index contributed by atoms with van der Waals surface area (Å²) in [6.07, 6.45) is 1.83. The Hall–Kier alpha value is -1.40. The molecule has 1 heterocycles. The average Bonchev–Trinajstić information content (AvgIpc) is 2.83. The molecular formula is C16H21BrN4S. The van der Waals surface area contributed by atoms with E-state index in [-0.39, 0.29) is 0 Å². The van der Waals surface area contributed by atoms with Gasteiger partial charge in [-0.25, -0.2) is 0 Å². The minimum atomic E-state index is 0.699. The number of aromatic nitrogens is 2. The van der Waals surface area contributed by atoms with Crippen molar-refractivity contribution in [2.45, 2.75) is 33.9 Å². The van der Waals surface area contributed by atoms with E-state index >= 15 is 0 Å². The molecule has 0 spiro atoms. The number of halogens is 1. The molecule has 0 unspecified atom stereocenters. The van der Waals surface area contributed by atoms with Crippen LogP contribution in [0.2, 0.25) is 0 Å².